The summed E-state index contributed by atoms with van der Waals surface area (Å²) in [5.41, 5.74) is 3.91. The van der Waals surface area contributed by atoms with Gasteiger partial charge in [0.05, 0.1) is 0 Å². The quantitative estimate of drug-likeness (QED) is 0.714. The van der Waals surface area contributed by atoms with Crippen molar-refractivity contribution >= 4 is 34.3 Å². The molecule has 1 N–H and O–H groups in total. The second kappa shape index (κ2) is 8.21. The van der Waals surface area contributed by atoms with E-state index < -0.39 is 0 Å². The molecule has 2 aromatic heterocycles. The predicted molar refractivity (Wildman–Crippen MR) is 113 cm³/mol. The van der Waals surface area contributed by atoms with Gasteiger partial charge in [-0.05, 0) is 30.1 Å². The number of para-hydroxylation sites is 1. The van der Waals surface area contributed by atoms with Gasteiger partial charge in [0.15, 0.2) is 0 Å². The molecule has 27 heavy (non-hydrogen) atoms. The van der Waals surface area contributed by atoms with Gasteiger partial charge in [-0.2, -0.15) is 11.3 Å². The lowest BCUT2D eigenvalue weighted by Crippen LogP contribution is -2.45. The number of likely N-dealkylation sites (N-methyl/N-ethyl adjacent to an activating group) is 1. The number of nitrogens with zero attached hydrogens (tertiary/aromatic N) is 3. The minimum Gasteiger partial charge on any atom is -0.369 e. The Bertz CT molecular complexity index is 898. The predicted octanol–water partition coefficient (Wildman–Crippen LogP) is 3.55. The van der Waals surface area contributed by atoms with Gasteiger partial charge >= 0.3 is 0 Å². The maximum absolute atomic E-state index is 12.5. The molecule has 0 spiro atoms. The number of anilines is 1. The molecule has 3 aromatic rings. The van der Waals surface area contributed by atoms with Gasteiger partial charge in [0, 0.05) is 54.7 Å². The molecule has 140 valence electrons. The second-order valence-electron chi connectivity index (χ2n) is 6.65. The molecule has 4 rings (SSSR count). The van der Waals surface area contributed by atoms with Crippen molar-refractivity contribution in [1.29, 1.82) is 0 Å². The number of benzene rings is 1. The Balaban J connectivity index is 1.42. The summed E-state index contributed by atoms with van der Waals surface area (Å²) in [4.78, 5) is 21.8. The van der Waals surface area contributed by atoms with Gasteiger partial charge in [0.25, 0.3) is 5.91 Å². The van der Waals surface area contributed by atoms with E-state index in [-0.39, 0.29) is 5.91 Å². The topological polar surface area (TPSA) is 48.5 Å². The van der Waals surface area contributed by atoms with Gasteiger partial charge < -0.3 is 15.1 Å². The molecule has 1 amide bonds. The van der Waals surface area contributed by atoms with Crippen LogP contribution in [-0.2, 0) is 6.54 Å². The molecule has 0 atom stereocenters. The molecule has 3 heterocycles. The smallest absolute Gasteiger partial charge is 0.271 e. The molecule has 5 nitrogen and oxygen atoms in total. The molecular weight excluding hydrogens is 376 g/mol. The highest BCUT2D eigenvalue weighted by Gasteiger charge is 2.17. The van der Waals surface area contributed by atoms with Crippen molar-refractivity contribution in [2.45, 2.75) is 6.54 Å². The zero-order valence-corrected chi connectivity index (χ0v) is 16.9. The first-order chi connectivity index (χ1) is 13.2. The number of rotatable bonds is 5. The SMILES string of the molecule is CN1CCN(c2ccccc2CNC(=O)c2csc(-c3ccsc3)n2)CC1. The van der Waals surface area contributed by atoms with Crippen molar-refractivity contribution in [3.63, 3.8) is 0 Å². The molecule has 0 saturated carbocycles. The molecule has 1 aliphatic heterocycles. The summed E-state index contributed by atoms with van der Waals surface area (Å²) in [5, 5.41) is 9.82. The molecule has 1 fully saturated rings. The number of hydrogen-bond donors (Lipinski definition) is 1. The van der Waals surface area contributed by atoms with Crippen LogP contribution in [0.25, 0.3) is 10.6 Å². The Kier molecular flexibility index (Phi) is 5.52. The van der Waals surface area contributed by atoms with Crippen LogP contribution in [0.3, 0.4) is 0 Å². The van der Waals surface area contributed by atoms with Crippen LogP contribution in [0, 0.1) is 0 Å². The summed E-state index contributed by atoms with van der Waals surface area (Å²) in [6.07, 6.45) is 0. The van der Waals surface area contributed by atoms with Crippen LogP contribution < -0.4 is 10.2 Å². The van der Waals surface area contributed by atoms with Gasteiger partial charge in [0.2, 0.25) is 0 Å². The number of amides is 1. The van der Waals surface area contributed by atoms with Gasteiger partial charge in [-0.1, -0.05) is 18.2 Å². The van der Waals surface area contributed by atoms with Crippen LogP contribution in [0.15, 0.2) is 46.5 Å². The van der Waals surface area contributed by atoms with Gasteiger partial charge in [-0.15, -0.1) is 11.3 Å². The summed E-state index contributed by atoms with van der Waals surface area (Å²) >= 11 is 3.14. The Hall–Kier alpha value is -2.22. The van der Waals surface area contributed by atoms with Crippen LogP contribution in [0.2, 0.25) is 0 Å². The lowest BCUT2D eigenvalue weighted by Gasteiger charge is -2.35. The van der Waals surface area contributed by atoms with E-state index in [2.05, 4.69) is 45.3 Å². The summed E-state index contributed by atoms with van der Waals surface area (Å²) in [7, 11) is 2.15. The molecule has 1 aromatic carbocycles. The van der Waals surface area contributed by atoms with E-state index in [1.807, 2.05) is 28.3 Å². The third-order valence-electron chi connectivity index (χ3n) is 4.78. The largest absolute Gasteiger partial charge is 0.369 e. The average Bonchev–Trinajstić information content (AvgIpc) is 3.38. The third-order valence-corrected chi connectivity index (χ3v) is 6.35. The number of carbonyl (C=O) groups excluding carboxylic acids is 1. The summed E-state index contributed by atoms with van der Waals surface area (Å²) < 4.78 is 0. The van der Waals surface area contributed by atoms with Crippen molar-refractivity contribution in [3.05, 3.63) is 57.7 Å². The van der Waals surface area contributed by atoms with Gasteiger partial charge in [-0.3, -0.25) is 4.79 Å². The van der Waals surface area contributed by atoms with Crippen molar-refractivity contribution in [2.75, 3.05) is 38.1 Å². The third kappa shape index (κ3) is 4.21. The number of thiophene rings is 1. The lowest BCUT2D eigenvalue weighted by atomic mass is 10.1. The normalized spacial score (nSPS) is 15.1. The minimum absolute atomic E-state index is 0.124. The fraction of sp³-hybridized carbons (Fsp3) is 0.300. The van der Waals surface area contributed by atoms with E-state index >= 15 is 0 Å². The Morgan fingerprint density at radius 2 is 1.96 bits per heavy atom. The van der Waals surface area contributed by atoms with Crippen molar-refractivity contribution < 1.29 is 4.79 Å². The highest BCUT2D eigenvalue weighted by Crippen LogP contribution is 2.26. The molecule has 1 saturated heterocycles. The fourth-order valence-corrected chi connectivity index (χ4v) is 4.69. The monoisotopic (exact) mass is 398 g/mol. The Labute approximate surface area is 167 Å². The summed E-state index contributed by atoms with van der Waals surface area (Å²) in [5.74, 6) is -0.124. The maximum Gasteiger partial charge on any atom is 0.271 e. The maximum atomic E-state index is 12.5. The number of thiazole rings is 1. The summed E-state index contributed by atoms with van der Waals surface area (Å²) in [6, 6.07) is 10.3. The van der Waals surface area contributed by atoms with E-state index in [1.54, 1.807) is 11.3 Å². The molecular formula is C20H22N4OS2. The first-order valence-corrected chi connectivity index (χ1v) is 10.8. The molecule has 0 unspecified atom stereocenters. The minimum atomic E-state index is -0.124. The van der Waals surface area contributed by atoms with Crippen LogP contribution in [-0.4, -0.2) is 49.0 Å². The lowest BCUT2D eigenvalue weighted by molar-refractivity contribution is 0.0946. The Morgan fingerprint density at radius 1 is 1.15 bits per heavy atom. The first-order valence-electron chi connectivity index (χ1n) is 8.98. The number of aromatic nitrogens is 1. The van der Waals surface area contributed by atoms with Crippen molar-refractivity contribution in [2.24, 2.45) is 0 Å². The van der Waals surface area contributed by atoms with E-state index in [0.29, 0.717) is 12.2 Å². The van der Waals surface area contributed by atoms with E-state index in [0.717, 1.165) is 42.3 Å². The van der Waals surface area contributed by atoms with Crippen molar-refractivity contribution in [1.82, 2.24) is 15.2 Å². The average molecular weight is 399 g/mol. The number of hydrogen-bond acceptors (Lipinski definition) is 6. The van der Waals surface area contributed by atoms with Crippen molar-refractivity contribution in [3.8, 4) is 10.6 Å². The van der Waals surface area contributed by atoms with Gasteiger partial charge in [-0.25, -0.2) is 4.98 Å². The molecule has 1 aliphatic rings. The number of piperazine rings is 1. The molecule has 7 heteroatoms. The highest BCUT2D eigenvalue weighted by molar-refractivity contribution is 7.14. The van der Waals surface area contributed by atoms with E-state index in [4.69, 9.17) is 0 Å². The van der Waals surface area contributed by atoms with E-state index in [9.17, 15) is 4.79 Å². The van der Waals surface area contributed by atoms with Crippen LogP contribution in [0.4, 0.5) is 5.69 Å². The number of nitrogens with one attached hydrogen (secondary N) is 1. The van der Waals surface area contributed by atoms with Crippen LogP contribution in [0.1, 0.15) is 16.1 Å². The standard InChI is InChI=1S/C20H22N4OS2/c1-23-7-9-24(10-8-23)18-5-3-2-4-15(18)12-21-19(25)17-14-27-20(22-17)16-6-11-26-13-16/h2-6,11,13-14H,7-10,12H2,1H3,(H,21,25). The highest BCUT2D eigenvalue weighted by atomic mass is 32.1. The van der Waals surface area contributed by atoms with Gasteiger partial charge in [0.1, 0.15) is 10.7 Å². The first kappa shape index (κ1) is 18.2. The summed E-state index contributed by atoms with van der Waals surface area (Å²) in [6.45, 7) is 4.65. The molecule has 0 aliphatic carbocycles. The van der Waals surface area contributed by atoms with E-state index in [1.165, 1.54) is 17.0 Å². The van der Waals surface area contributed by atoms with Crippen LogP contribution in [0.5, 0.6) is 0 Å². The zero-order chi connectivity index (χ0) is 18.6. The van der Waals surface area contributed by atoms with Crippen LogP contribution >= 0.6 is 22.7 Å². The number of carbonyl (C=O) groups is 1. The second-order valence-corrected chi connectivity index (χ2v) is 8.29. The fourth-order valence-electron chi connectivity index (χ4n) is 3.18. The zero-order valence-electron chi connectivity index (χ0n) is 15.2. The molecule has 0 radical (unpaired) electrons. The Morgan fingerprint density at radius 3 is 2.74 bits per heavy atom. The molecule has 0 bridgehead atoms.